The first-order valence-electron chi connectivity index (χ1n) is 6.77. The van der Waals surface area contributed by atoms with E-state index in [1.807, 2.05) is 18.2 Å². The van der Waals surface area contributed by atoms with Crippen molar-refractivity contribution in [3.05, 3.63) is 57.0 Å². The Hall–Kier alpha value is -1.52. The van der Waals surface area contributed by atoms with Crippen LogP contribution >= 0.6 is 27.5 Å². The molecule has 5 heteroatoms. The molecule has 3 rings (SSSR count). The zero-order chi connectivity index (χ0) is 14.8. The molecule has 1 amide bonds. The van der Waals surface area contributed by atoms with Crippen LogP contribution in [0.2, 0.25) is 5.02 Å². The fraction of sp³-hybridized carbons (Fsp3) is 0.188. The third-order valence-electron chi connectivity index (χ3n) is 3.48. The van der Waals surface area contributed by atoms with Crippen LogP contribution in [-0.4, -0.2) is 12.5 Å². The van der Waals surface area contributed by atoms with Gasteiger partial charge in [-0.05, 0) is 70.7 Å². The van der Waals surface area contributed by atoms with Crippen LogP contribution in [0.4, 0.5) is 11.4 Å². The summed E-state index contributed by atoms with van der Waals surface area (Å²) in [5.41, 5.74) is 3.75. The van der Waals surface area contributed by atoms with Crippen molar-refractivity contribution in [2.24, 2.45) is 0 Å². The van der Waals surface area contributed by atoms with Crippen LogP contribution < -0.4 is 10.6 Å². The van der Waals surface area contributed by atoms with Gasteiger partial charge < -0.3 is 10.6 Å². The number of rotatable bonds is 2. The van der Waals surface area contributed by atoms with Crippen molar-refractivity contribution < 1.29 is 4.79 Å². The Morgan fingerprint density at radius 2 is 2.10 bits per heavy atom. The Bertz CT molecular complexity index is 703. The lowest BCUT2D eigenvalue weighted by atomic mass is 10.0. The number of carbonyl (C=O) groups is 1. The van der Waals surface area contributed by atoms with E-state index in [0.717, 1.165) is 35.2 Å². The second kappa shape index (κ2) is 6.08. The van der Waals surface area contributed by atoms with E-state index >= 15 is 0 Å². The Morgan fingerprint density at radius 3 is 2.90 bits per heavy atom. The predicted octanol–water partition coefficient (Wildman–Crippen LogP) is 4.71. The Balaban J connectivity index is 1.79. The third kappa shape index (κ3) is 3.22. The van der Waals surface area contributed by atoms with E-state index in [1.165, 1.54) is 5.56 Å². The Labute approximate surface area is 136 Å². The number of halogens is 2. The molecule has 1 heterocycles. The molecule has 0 radical (unpaired) electrons. The molecule has 0 spiro atoms. The summed E-state index contributed by atoms with van der Waals surface area (Å²) in [5.74, 6) is -0.159. The lowest BCUT2D eigenvalue weighted by Gasteiger charge is -2.18. The topological polar surface area (TPSA) is 41.1 Å². The summed E-state index contributed by atoms with van der Waals surface area (Å²) in [6.07, 6.45) is 2.16. The van der Waals surface area contributed by atoms with Gasteiger partial charge in [-0.3, -0.25) is 4.79 Å². The molecule has 0 aromatic heterocycles. The summed E-state index contributed by atoms with van der Waals surface area (Å²) in [7, 11) is 0. The molecule has 2 aromatic rings. The summed E-state index contributed by atoms with van der Waals surface area (Å²) < 4.78 is 0.778. The first kappa shape index (κ1) is 14.4. The van der Waals surface area contributed by atoms with Gasteiger partial charge in [0.25, 0.3) is 5.91 Å². The van der Waals surface area contributed by atoms with Gasteiger partial charge >= 0.3 is 0 Å². The number of benzene rings is 2. The van der Waals surface area contributed by atoms with E-state index in [2.05, 4.69) is 26.6 Å². The monoisotopic (exact) mass is 364 g/mol. The summed E-state index contributed by atoms with van der Waals surface area (Å²) in [6, 6.07) is 11.1. The SMILES string of the molecule is O=C(Nc1ccc2c(c1)CCCN2)c1ccc(Br)c(Cl)c1. The number of hydrogen-bond donors (Lipinski definition) is 2. The average Bonchev–Trinajstić information content (AvgIpc) is 2.50. The van der Waals surface area contributed by atoms with Gasteiger partial charge in [0, 0.05) is 28.0 Å². The van der Waals surface area contributed by atoms with Crippen LogP contribution in [0.1, 0.15) is 22.3 Å². The van der Waals surface area contributed by atoms with Crippen molar-refractivity contribution >= 4 is 44.8 Å². The highest BCUT2D eigenvalue weighted by molar-refractivity contribution is 9.10. The second-order valence-electron chi connectivity index (χ2n) is 4.99. The normalized spacial score (nSPS) is 13.2. The van der Waals surface area contributed by atoms with Gasteiger partial charge in [-0.25, -0.2) is 0 Å². The maximum atomic E-state index is 12.2. The third-order valence-corrected chi connectivity index (χ3v) is 4.72. The van der Waals surface area contributed by atoms with Crippen molar-refractivity contribution in [1.29, 1.82) is 0 Å². The van der Waals surface area contributed by atoms with E-state index in [0.29, 0.717) is 10.6 Å². The molecule has 21 heavy (non-hydrogen) atoms. The Kier molecular flexibility index (Phi) is 4.17. The highest BCUT2D eigenvalue weighted by Gasteiger charge is 2.12. The first-order chi connectivity index (χ1) is 10.1. The second-order valence-corrected chi connectivity index (χ2v) is 6.25. The van der Waals surface area contributed by atoms with E-state index < -0.39 is 0 Å². The molecular formula is C16H14BrClN2O. The minimum Gasteiger partial charge on any atom is -0.385 e. The predicted molar refractivity (Wildman–Crippen MR) is 90.4 cm³/mol. The number of nitrogens with one attached hydrogen (secondary N) is 2. The minimum absolute atomic E-state index is 0.159. The van der Waals surface area contributed by atoms with E-state index in [-0.39, 0.29) is 5.91 Å². The maximum absolute atomic E-state index is 12.2. The van der Waals surface area contributed by atoms with Gasteiger partial charge in [0.15, 0.2) is 0 Å². The van der Waals surface area contributed by atoms with E-state index in [1.54, 1.807) is 18.2 Å². The molecule has 2 aromatic carbocycles. The number of fused-ring (bicyclic) bond motifs is 1. The fourth-order valence-electron chi connectivity index (χ4n) is 2.39. The molecule has 1 aliphatic rings. The van der Waals surface area contributed by atoms with Crippen LogP contribution in [0.5, 0.6) is 0 Å². The molecule has 0 saturated carbocycles. The maximum Gasteiger partial charge on any atom is 0.255 e. The van der Waals surface area contributed by atoms with Crippen LogP contribution in [0.25, 0.3) is 0 Å². The lowest BCUT2D eigenvalue weighted by molar-refractivity contribution is 0.102. The number of hydrogen-bond acceptors (Lipinski definition) is 2. The van der Waals surface area contributed by atoms with Crippen molar-refractivity contribution in [1.82, 2.24) is 0 Å². The molecule has 2 N–H and O–H groups in total. The molecule has 3 nitrogen and oxygen atoms in total. The number of amides is 1. The molecule has 1 aliphatic heterocycles. The molecule has 0 atom stereocenters. The van der Waals surface area contributed by atoms with E-state index in [9.17, 15) is 4.79 Å². The standard InChI is InChI=1S/C16H14BrClN2O/c17-13-5-3-11(9-14(13)18)16(21)20-12-4-6-15-10(8-12)2-1-7-19-15/h3-6,8-9,19H,1-2,7H2,(H,20,21). The van der Waals surface area contributed by atoms with Gasteiger partial charge in [-0.1, -0.05) is 11.6 Å². The van der Waals surface area contributed by atoms with Gasteiger partial charge in [0.1, 0.15) is 0 Å². The lowest BCUT2D eigenvalue weighted by Crippen LogP contribution is -2.14. The van der Waals surface area contributed by atoms with Crippen LogP contribution in [-0.2, 0) is 6.42 Å². The highest BCUT2D eigenvalue weighted by atomic mass is 79.9. The summed E-state index contributed by atoms with van der Waals surface area (Å²) in [4.78, 5) is 12.2. The largest absolute Gasteiger partial charge is 0.385 e. The van der Waals surface area contributed by atoms with Gasteiger partial charge in [0.05, 0.1) is 5.02 Å². The van der Waals surface area contributed by atoms with Gasteiger partial charge in [-0.15, -0.1) is 0 Å². The minimum atomic E-state index is -0.159. The molecule has 0 bridgehead atoms. The summed E-state index contributed by atoms with van der Waals surface area (Å²) in [5, 5.41) is 6.79. The molecule has 0 unspecified atom stereocenters. The van der Waals surface area contributed by atoms with Crippen LogP contribution in [0.15, 0.2) is 40.9 Å². The number of aryl methyl sites for hydroxylation is 1. The highest BCUT2D eigenvalue weighted by Crippen LogP contribution is 2.26. The van der Waals surface area contributed by atoms with Gasteiger partial charge in [-0.2, -0.15) is 0 Å². The molecule has 108 valence electrons. The van der Waals surface area contributed by atoms with Crippen molar-refractivity contribution in [2.45, 2.75) is 12.8 Å². The van der Waals surface area contributed by atoms with Crippen molar-refractivity contribution in [3.8, 4) is 0 Å². The zero-order valence-electron chi connectivity index (χ0n) is 11.2. The molecule has 0 fully saturated rings. The smallest absolute Gasteiger partial charge is 0.255 e. The number of carbonyl (C=O) groups excluding carboxylic acids is 1. The Morgan fingerprint density at radius 1 is 1.24 bits per heavy atom. The van der Waals surface area contributed by atoms with Crippen LogP contribution in [0.3, 0.4) is 0 Å². The first-order valence-corrected chi connectivity index (χ1v) is 7.94. The van der Waals surface area contributed by atoms with Crippen molar-refractivity contribution in [3.63, 3.8) is 0 Å². The van der Waals surface area contributed by atoms with Gasteiger partial charge in [0.2, 0.25) is 0 Å². The molecule has 0 aliphatic carbocycles. The summed E-state index contributed by atoms with van der Waals surface area (Å²) in [6.45, 7) is 1.01. The quantitative estimate of drug-likeness (QED) is 0.809. The number of anilines is 2. The van der Waals surface area contributed by atoms with Crippen molar-refractivity contribution in [2.75, 3.05) is 17.2 Å². The van der Waals surface area contributed by atoms with Crippen LogP contribution in [0, 0.1) is 0 Å². The fourth-order valence-corrected chi connectivity index (χ4v) is 2.82. The molecular weight excluding hydrogens is 352 g/mol. The summed E-state index contributed by atoms with van der Waals surface area (Å²) >= 11 is 9.34. The van der Waals surface area contributed by atoms with E-state index in [4.69, 9.17) is 11.6 Å². The molecule has 0 saturated heterocycles. The zero-order valence-corrected chi connectivity index (χ0v) is 13.6. The average molecular weight is 366 g/mol.